The van der Waals surface area contributed by atoms with Crippen LogP contribution in [0.15, 0.2) is 127 Å². The molecular weight excluding hydrogens is 565 g/mol. The van der Waals surface area contributed by atoms with Crippen molar-refractivity contribution in [2.45, 2.75) is 25.9 Å². The molecule has 0 bridgehead atoms. The molecule has 1 aliphatic heterocycles. The van der Waals surface area contributed by atoms with E-state index in [2.05, 4.69) is 0 Å². The maximum absolute atomic E-state index is 16.3. The third-order valence-electron chi connectivity index (χ3n) is 8.93. The topological polar surface area (TPSA) is 71.7 Å². The highest BCUT2D eigenvalue weighted by atomic mass is 31.2. The van der Waals surface area contributed by atoms with Crippen molar-refractivity contribution >= 4 is 12.7 Å². The van der Waals surface area contributed by atoms with Gasteiger partial charge in [-0.15, -0.1) is 0 Å². The molecule has 2 unspecified atom stereocenters. The first kappa shape index (κ1) is 27.8. The van der Waals surface area contributed by atoms with Gasteiger partial charge in [0.1, 0.15) is 10.9 Å². The van der Waals surface area contributed by atoms with E-state index >= 15 is 4.57 Å². The van der Waals surface area contributed by atoms with Gasteiger partial charge in [0.2, 0.25) is 11.8 Å². The monoisotopic (exact) mass is 597 g/mol. The molecule has 0 spiro atoms. The van der Waals surface area contributed by atoms with Crippen LogP contribution in [0.5, 0.6) is 17.5 Å². The molecule has 44 heavy (non-hydrogen) atoms. The molecule has 5 nitrogen and oxygen atoms in total. The van der Waals surface area contributed by atoms with Crippen LogP contribution in [0.3, 0.4) is 0 Å². The number of aromatic nitrogens is 1. The minimum Gasteiger partial charge on any atom is -0.494 e. The van der Waals surface area contributed by atoms with E-state index in [9.17, 15) is 10.2 Å². The van der Waals surface area contributed by atoms with Gasteiger partial charge in [0, 0.05) is 16.7 Å². The van der Waals surface area contributed by atoms with E-state index < -0.39 is 12.5 Å². The van der Waals surface area contributed by atoms with E-state index in [4.69, 9.17) is 4.52 Å². The number of fused-ring (bicyclic) bond motifs is 3. The molecule has 0 aliphatic carbocycles. The average molecular weight is 598 g/mol. The van der Waals surface area contributed by atoms with Gasteiger partial charge in [0.15, 0.2) is 0 Å². The summed E-state index contributed by atoms with van der Waals surface area (Å²) in [5, 5.41) is 21.1. The van der Waals surface area contributed by atoms with E-state index in [-0.39, 0.29) is 11.8 Å². The van der Waals surface area contributed by atoms with Crippen molar-refractivity contribution in [2.24, 2.45) is 0 Å². The van der Waals surface area contributed by atoms with Crippen LogP contribution < -0.4 is 9.83 Å². The third kappa shape index (κ3) is 3.89. The van der Waals surface area contributed by atoms with Gasteiger partial charge in [-0.3, -0.25) is 9.13 Å². The average Bonchev–Trinajstić information content (AvgIpc) is 3.25. The molecule has 5 aromatic carbocycles. The number of rotatable bonds is 5. The molecule has 2 heterocycles. The summed E-state index contributed by atoms with van der Waals surface area (Å²) in [4.78, 5) is 0. The zero-order valence-electron chi connectivity index (χ0n) is 24.7. The van der Waals surface area contributed by atoms with Gasteiger partial charge in [0.25, 0.3) is 7.37 Å². The minimum absolute atomic E-state index is 0.0189. The van der Waals surface area contributed by atoms with Crippen molar-refractivity contribution in [3.8, 4) is 34.3 Å². The van der Waals surface area contributed by atoms with Crippen LogP contribution in [0.4, 0.5) is 0 Å². The lowest BCUT2D eigenvalue weighted by atomic mass is 9.83. The van der Waals surface area contributed by atoms with Crippen LogP contribution in [-0.2, 0) is 9.72 Å². The molecule has 0 saturated carbocycles. The fourth-order valence-electron chi connectivity index (χ4n) is 6.52. The number of aryl methyl sites for hydroxylation is 1. The van der Waals surface area contributed by atoms with Crippen LogP contribution in [0, 0.1) is 20.8 Å². The van der Waals surface area contributed by atoms with Crippen LogP contribution in [0.2, 0.25) is 0 Å². The number of hydrogen-bond donors (Lipinski definition) is 2. The van der Waals surface area contributed by atoms with Crippen LogP contribution in [0.25, 0.3) is 16.8 Å². The molecule has 0 fully saturated rings. The second-order valence-electron chi connectivity index (χ2n) is 11.4. The lowest BCUT2D eigenvalue weighted by molar-refractivity contribution is 0.400. The molecule has 1 aromatic heterocycles. The number of aromatic hydroxyl groups is 2. The lowest BCUT2D eigenvalue weighted by Crippen LogP contribution is -2.38. The van der Waals surface area contributed by atoms with E-state index in [1.807, 2.05) is 134 Å². The molecule has 218 valence electrons. The summed E-state index contributed by atoms with van der Waals surface area (Å²) < 4.78 is 24.6. The largest absolute Gasteiger partial charge is 0.494 e. The van der Waals surface area contributed by atoms with Crippen LogP contribution in [-0.4, -0.2) is 14.8 Å². The Morgan fingerprint density at radius 2 is 1.09 bits per heavy atom. The van der Waals surface area contributed by atoms with Crippen molar-refractivity contribution < 1.29 is 19.3 Å². The molecular formula is C38H32NO4P. The molecule has 6 aromatic rings. The Bertz CT molecular complexity index is 2040. The lowest BCUT2D eigenvalue weighted by Gasteiger charge is -2.44. The first-order valence-electron chi connectivity index (χ1n) is 14.6. The Labute approximate surface area is 257 Å². The predicted octanol–water partition coefficient (Wildman–Crippen LogP) is 8.77. The van der Waals surface area contributed by atoms with E-state index in [1.165, 1.54) is 4.57 Å². The zero-order valence-corrected chi connectivity index (χ0v) is 25.6. The summed E-state index contributed by atoms with van der Waals surface area (Å²) >= 11 is 0. The summed E-state index contributed by atoms with van der Waals surface area (Å²) in [6, 6.07) is 41.2. The molecule has 1 aliphatic rings. The fraction of sp³-hybridized carbons (Fsp3) is 0.105. The number of hydrogen-bond acceptors (Lipinski definition) is 4. The van der Waals surface area contributed by atoms with Crippen molar-refractivity contribution in [1.82, 2.24) is 4.57 Å². The Hall–Kier alpha value is -4.99. The maximum Gasteiger partial charge on any atom is 0.296 e. The maximum atomic E-state index is 16.3. The standard InChI is InChI=1S/C38H32NO4P/c1-25-17-19-29(20-18-25)38(28-11-5-4-6-12-28,30-21-23-31(24-22-30)39-36(40)26(2)27(3)37(39)41)44(42)35-16-10-8-14-33(35)32-13-7-9-15-34(32)43-44/h4-24,40-41H,1-3H3. The molecule has 0 amide bonds. The molecule has 7 rings (SSSR count). The third-order valence-corrected chi connectivity index (χ3v) is 12.1. The van der Waals surface area contributed by atoms with E-state index in [0.717, 1.165) is 33.4 Å². The zero-order chi connectivity index (χ0) is 30.6. The number of nitrogens with zero attached hydrogens (tertiary/aromatic N) is 1. The predicted molar refractivity (Wildman–Crippen MR) is 176 cm³/mol. The molecule has 0 saturated heterocycles. The van der Waals surface area contributed by atoms with E-state index in [1.54, 1.807) is 13.8 Å². The summed E-state index contributed by atoms with van der Waals surface area (Å²) in [6.45, 7) is 5.58. The van der Waals surface area contributed by atoms with E-state index in [0.29, 0.717) is 27.9 Å². The Morgan fingerprint density at radius 3 is 1.73 bits per heavy atom. The summed E-state index contributed by atoms with van der Waals surface area (Å²) in [5.74, 6) is 0.538. The Balaban J connectivity index is 1.57. The van der Waals surface area contributed by atoms with Gasteiger partial charge in [-0.2, -0.15) is 0 Å². The Kier molecular flexibility index (Phi) is 6.53. The summed E-state index contributed by atoms with van der Waals surface area (Å²) in [6.07, 6.45) is 0. The van der Waals surface area contributed by atoms with Gasteiger partial charge < -0.3 is 14.7 Å². The van der Waals surface area contributed by atoms with Crippen LogP contribution in [0.1, 0.15) is 33.4 Å². The van der Waals surface area contributed by atoms with Gasteiger partial charge in [-0.05, 0) is 67.3 Å². The van der Waals surface area contributed by atoms with Crippen molar-refractivity contribution in [3.05, 3.63) is 161 Å². The van der Waals surface area contributed by atoms with Crippen molar-refractivity contribution in [3.63, 3.8) is 0 Å². The first-order chi connectivity index (χ1) is 21.3. The molecule has 6 heteroatoms. The minimum atomic E-state index is -3.87. The summed E-state index contributed by atoms with van der Waals surface area (Å²) in [7, 11) is -3.87. The van der Waals surface area contributed by atoms with Gasteiger partial charge in [-0.25, -0.2) is 0 Å². The normalized spacial score (nSPS) is 16.8. The van der Waals surface area contributed by atoms with Gasteiger partial charge >= 0.3 is 0 Å². The fourth-order valence-corrected chi connectivity index (χ4v) is 9.81. The van der Waals surface area contributed by atoms with Crippen molar-refractivity contribution in [2.75, 3.05) is 0 Å². The highest BCUT2D eigenvalue weighted by molar-refractivity contribution is 7.69. The van der Waals surface area contributed by atoms with Gasteiger partial charge in [0.05, 0.1) is 11.0 Å². The number of benzene rings is 5. The highest BCUT2D eigenvalue weighted by Crippen LogP contribution is 2.71. The van der Waals surface area contributed by atoms with Crippen LogP contribution >= 0.6 is 7.37 Å². The quantitative estimate of drug-likeness (QED) is 0.154. The molecule has 2 N–H and O–H groups in total. The SMILES string of the molecule is Cc1ccc(C(c2ccccc2)(c2ccc(-n3c(O)c(C)c(C)c3O)cc2)P2(=O)Oc3ccccc3-c3ccccc32)cc1. The van der Waals surface area contributed by atoms with Crippen molar-refractivity contribution in [1.29, 1.82) is 0 Å². The second-order valence-corrected chi connectivity index (χ2v) is 13.8. The summed E-state index contributed by atoms with van der Waals surface area (Å²) in [5.41, 5.74) is 7.09. The highest BCUT2D eigenvalue weighted by Gasteiger charge is 2.57. The molecule has 2 atom stereocenters. The second kappa shape index (κ2) is 10.3. The smallest absolute Gasteiger partial charge is 0.296 e. The number of para-hydroxylation sites is 1. The molecule has 0 radical (unpaired) electrons. The first-order valence-corrected chi connectivity index (χ1v) is 16.2. The Morgan fingerprint density at radius 1 is 0.591 bits per heavy atom. The van der Waals surface area contributed by atoms with Gasteiger partial charge in [-0.1, -0.05) is 109 Å².